The number of esters is 1. The molecule has 4 aromatic rings. The molecule has 3 aromatic carbocycles. The maximum Gasteiger partial charge on any atom is 0.310 e. The summed E-state index contributed by atoms with van der Waals surface area (Å²) in [5, 5.41) is 1.19. The van der Waals surface area contributed by atoms with Crippen molar-refractivity contribution in [3.05, 3.63) is 89.6 Å². The number of aromatic nitrogens is 1. The predicted molar refractivity (Wildman–Crippen MR) is 127 cm³/mol. The van der Waals surface area contributed by atoms with Gasteiger partial charge in [-0.2, -0.15) is 0 Å². The van der Waals surface area contributed by atoms with E-state index in [0.717, 1.165) is 33.3 Å². The summed E-state index contributed by atoms with van der Waals surface area (Å²) in [6.45, 7) is 3.07. The number of carbonyl (C=O) groups excluding carboxylic acids is 1. The summed E-state index contributed by atoms with van der Waals surface area (Å²) in [6, 6.07) is 22.4. The zero-order chi connectivity index (χ0) is 22.5. The van der Waals surface area contributed by atoms with Crippen LogP contribution in [0.5, 0.6) is 5.75 Å². The van der Waals surface area contributed by atoms with Crippen LogP contribution in [0.3, 0.4) is 0 Å². The minimum absolute atomic E-state index is 0.192. The molecule has 4 rings (SSSR count). The average Bonchev–Trinajstić information content (AvgIpc) is 3.19. The monoisotopic (exact) mass is 428 g/mol. The number of carbonyl (C=O) groups is 1. The van der Waals surface area contributed by atoms with Gasteiger partial charge in [0.25, 0.3) is 0 Å². The highest BCUT2D eigenvalue weighted by Crippen LogP contribution is 2.32. The standard InChI is InChI=1S/C27H28N2O3/c1-3-31-27(30)16-22-8-4-5-10-26(22)32-18-20-14-24(21-9-6-7-19(13-21)17-28)23-11-12-29(2)25(23)15-20/h4-15H,3,16-18,28H2,1-2H3. The van der Waals surface area contributed by atoms with Crippen molar-refractivity contribution in [3.8, 4) is 16.9 Å². The molecule has 0 saturated heterocycles. The van der Waals surface area contributed by atoms with Gasteiger partial charge in [0.15, 0.2) is 0 Å². The third kappa shape index (κ3) is 4.68. The van der Waals surface area contributed by atoms with Gasteiger partial charge in [-0.15, -0.1) is 0 Å². The summed E-state index contributed by atoms with van der Waals surface area (Å²) in [7, 11) is 2.04. The molecule has 1 aromatic heterocycles. The third-order valence-electron chi connectivity index (χ3n) is 5.54. The Hall–Kier alpha value is -3.57. The maximum atomic E-state index is 12.0. The van der Waals surface area contributed by atoms with E-state index in [1.807, 2.05) is 43.4 Å². The second-order valence-corrected chi connectivity index (χ2v) is 7.79. The van der Waals surface area contributed by atoms with Gasteiger partial charge in [0, 0.05) is 36.3 Å². The highest BCUT2D eigenvalue weighted by molar-refractivity contribution is 5.96. The lowest BCUT2D eigenvalue weighted by Gasteiger charge is -2.14. The van der Waals surface area contributed by atoms with E-state index in [1.165, 1.54) is 5.39 Å². The second-order valence-electron chi connectivity index (χ2n) is 7.79. The van der Waals surface area contributed by atoms with Gasteiger partial charge in [-0.3, -0.25) is 4.79 Å². The zero-order valence-electron chi connectivity index (χ0n) is 18.5. The molecule has 0 spiro atoms. The second kappa shape index (κ2) is 9.71. The van der Waals surface area contributed by atoms with Crippen LogP contribution in [0.15, 0.2) is 72.9 Å². The SMILES string of the molecule is CCOC(=O)Cc1ccccc1OCc1cc(-c2cccc(CN)c2)c2ccn(C)c2c1. The van der Waals surface area contributed by atoms with E-state index in [4.69, 9.17) is 15.2 Å². The highest BCUT2D eigenvalue weighted by Gasteiger charge is 2.12. The van der Waals surface area contributed by atoms with Gasteiger partial charge < -0.3 is 19.8 Å². The van der Waals surface area contributed by atoms with Gasteiger partial charge in [-0.05, 0) is 59.5 Å². The number of rotatable bonds is 8. The van der Waals surface area contributed by atoms with Crippen LogP contribution in [0.1, 0.15) is 23.6 Å². The van der Waals surface area contributed by atoms with E-state index in [-0.39, 0.29) is 12.4 Å². The Morgan fingerprint density at radius 3 is 2.66 bits per heavy atom. The van der Waals surface area contributed by atoms with E-state index in [9.17, 15) is 4.79 Å². The van der Waals surface area contributed by atoms with Gasteiger partial charge in [-0.1, -0.05) is 36.4 Å². The van der Waals surface area contributed by atoms with Crippen molar-refractivity contribution in [2.45, 2.75) is 26.5 Å². The molecule has 0 amide bonds. The van der Waals surface area contributed by atoms with Gasteiger partial charge >= 0.3 is 5.97 Å². The minimum atomic E-state index is -0.254. The Labute approximate surface area is 188 Å². The van der Waals surface area contributed by atoms with Gasteiger partial charge in [0.2, 0.25) is 0 Å². The maximum absolute atomic E-state index is 12.0. The number of benzene rings is 3. The van der Waals surface area contributed by atoms with Gasteiger partial charge in [0.05, 0.1) is 13.0 Å². The molecule has 0 aliphatic rings. The van der Waals surface area contributed by atoms with Gasteiger partial charge in [-0.25, -0.2) is 0 Å². The Morgan fingerprint density at radius 1 is 1.00 bits per heavy atom. The van der Waals surface area contributed by atoms with E-state index in [1.54, 1.807) is 6.92 Å². The third-order valence-corrected chi connectivity index (χ3v) is 5.54. The van der Waals surface area contributed by atoms with Crippen molar-refractivity contribution in [3.63, 3.8) is 0 Å². The number of aryl methyl sites for hydroxylation is 1. The lowest BCUT2D eigenvalue weighted by atomic mass is 9.97. The summed E-state index contributed by atoms with van der Waals surface area (Å²) in [5.41, 5.74) is 12.3. The van der Waals surface area contributed by atoms with Crippen molar-refractivity contribution in [1.29, 1.82) is 0 Å². The molecule has 0 radical (unpaired) electrons. The Morgan fingerprint density at radius 2 is 1.84 bits per heavy atom. The minimum Gasteiger partial charge on any atom is -0.489 e. The fourth-order valence-corrected chi connectivity index (χ4v) is 3.94. The lowest BCUT2D eigenvalue weighted by molar-refractivity contribution is -0.142. The molecule has 0 unspecified atom stereocenters. The first-order valence-electron chi connectivity index (χ1n) is 10.8. The molecule has 0 fully saturated rings. The molecule has 0 atom stereocenters. The van der Waals surface area contributed by atoms with Crippen LogP contribution in [-0.4, -0.2) is 17.1 Å². The normalized spacial score (nSPS) is 11.0. The summed E-state index contributed by atoms with van der Waals surface area (Å²) in [4.78, 5) is 12.0. The molecule has 0 saturated carbocycles. The molecular weight excluding hydrogens is 400 g/mol. The number of nitrogens with zero attached hydrogens (tertiary/aromatic N) is 1. The van der Waals surface area contributed by atoms with E-state index in [2.05, 4.69) is 41.1 Å². The van der Waals surface area contributed by atoms with Crippen molar-refractivity contribution in [2.24, 2.45) is 12.8 Å². The van der Waals surface area contributed by atoms with E-state index >= 15 is 0 Å². The number of hydrogen-bond donors (Lipinski definition) is 1. The number of ether oxygens (including phenoxy) is 2. The zero-order valence-corrected chi connectivity index (χ0v) is 18.5. The topological polar surface area (TPSA) is 66.5 Å². The largest absolute Gasteiger partial charge is 0.489 e. The van der Waals surface area contributed by atoms with Crippen molar-refractivity contribution >= 4 is 16.9 Å². The van der Waals surface area contributed by atoms with Crippen LogP contribution in [-0.2, 0) is 36.2 Å². The molecule has 5 heteroatoms. The van der Waals surface area contributed by atoms with Gasteiger partial charge in [0.1, 0.15) is 12.4 Å². The molecule has 0 aliphatic heterocycles. The first kappa shape index (κ1) is 21.7. The van der Waals surface area contributed by atoms with Crippen molar-refractivity contribution in [1.82, 2.24) is 4.57 Å². The Balaban J connectivity index is 1.65. The fraction of sp³-hybridized carbons (Fsp3) is 0.222. The number of fused-ring (bicyclic) bond motifs is 1. The quantitative estimate of drug-likeness (QED) is 0.402. The van der Waals surface area contributed by atoms with Crippen LogP contribution in [0.25, 0.3) is 22.0 Å². The predicted octanol–water partition coefficient (Wildman–Crippen LogP) is 4.99. The molecule has 1 heterocycles. The van der Waals surface area contributed by atoms with E-state index < -0.39 is 0 Å². The molecule has 0 bridgehead atoms. The van der Waals surface area contributed by atoms with Crippen molar-refractivity contribution in [2.75, 3.05) is 6.61 Å². The number of para-hydroxylation sites is 1. The molecule has 5 nitrogen and oxygen atoms in total. The van der Waals surface area contributed by atoms with Crippen LogP contribution in [0, 0.1) is 0 Å². The molecule has 32 heavy (non-hydrogen) atoms. The van der Waals surface area contributed by atoms with Crippen molar-refractivity contribution < 1.29 is 14.3 Å². The summed E-state index contributed by atoms with van der Waals surface area (Å²) < 4.78 is 13.4. The molecule has 2 N–H and O–H groups in total. The first-order chi connectivity index (χ1) is 15.6. The Kier molecular flexibility index (Phi) is 6.57. The lowest BCUT2D eigenvalue weighted by Crippen LogP contribution is -2.09. The van der Waals surface area contributed by atoms with Crippen LogP contribution in [0.4, 0.5) is 0 Å². The fourth-order valence-electron chi connectivity index (χ4n) is 3.94. The number of nitrogens with two attached hydrogens (primary N) is 1. The van der Waals surface area contributed by atoms with Crippen LogP contribution < -0.4 is 10.5 Å². The van der Waals surface area contributed by atoms with Crippen LogP contribution >= 0.6 is 0 Å². The number of hydrogen-bond acceptors (Lipinski definition) is 4. The average molecular weight is 429 g/mol. The van der Waals surface area contributed by atoms with Crippen LogP contribution in [0.2, 0.25) is 0 Å². The molecule has 164 valence electrons. The first-order valence-corrected chi connectivity index (χ1v) is 10.8. The van der Waals surface area contributed by atoms with E-state index in [0.29, 0.717) is 25.5 Å². The summed E-state index contributed by atoms with van der Waals surface area (Å²) in [6.07, 6.45) is 2.26. The molecule has 0 aliphatic carbocycles. The molecular formula is C27H28N2O3. The highest BCUT2D eigenvalue weighted by atomic mass is 16.5. The summed E-state index contributed by atoms with van der Waals surface area (Å²) >= 11 is 0. The summed E-state index contributed by atoms with van der Waals surface area (Å²) in [5.74, 6) is 0.440. The smallest absolute Gasteiger partial charge is 0.310 e. The Bertz CT molecular complexity index is 1240.